The van der Waals surface area contributed by atoms with Crippen LogP contribution in [0.5, 0.6) is 0 Å². The molecule has 1 aliphatic rings. The molecular formula is C15H24F2O4. The molecule has 0 heterocycles. The van der Waals surface area contributed by atoms with Crippen LogP contribution < -0.4 is 0 Å². The molecule has 2 unspecified atom stereocenters. The molecule has 0 aromatic carbocycles. The molecule has 0 aromatic rings. The number of halogens is 2. The molecule has 0 amide bonds. The van der Waals surface area contributed by atoms with Crippen molar-refractivity contribution in [2.24, 2.45) is 16.7 Å². The Kier molecular flexibility index (Phi) is 4.71. The number of alkyl halides is 2. The number of ether oxygens (including phenoxy) is 2. The lowest BCUT2D eigenvalue weighted by Crippen LogP contribution is -2.44. The van der Waals surface area contributed by atoms with Gasteiger partial charge in [-0.2, -0.15) is 8.78 Å². The van der Waals surface area contributed by atoms with Gasteiger partial charge in [0.2, 0.25) is 0 Å². The number of hydrogen-bond donors (Lipinski definition) is 0. The molecule has 0 spiro atoms. The summed E-state index contributed by atoms with van der Waals surface area (Å²) in [5, 5.41) is 0. The quantitative estimate of drug-likeness (QED) is 0.707. The molecular weight excluding hydrogens is 282 g/mol. The Morgan fingerprint density at radius 2 is 1.71 bits per heavy atom. The van der Waals surface area contributed by atoms with Gasteiger partial charge in [-0.15, -0.1) is 0 Å². The third-order valence-electron chi connectivity index (χ3n) is 4.31. The highest BCUT2D eigenvalue weighted by molar-refractivity contribution is 5.83. The van der Waals surface area contributed by atoms with Crippen molar-refractivity contribution in [2.75, 3.05) is 7.11 Å². The number of esters is 2. The van der Waals surface area contributed by atoms with Crippen molar-refractivity contribution in [3.8, 4) is 0 Å². The van der Waals surface area contributed by atoms with Crippen LogP contribution in [0.4, 0.5) is 8.78 Å². The summed E-state index contributed by atoms with van der Waals surface area (Å²) in [6, 6.07) is 0. The van der Waals surface area contributed by atoms with E-state index in [1.165, 1.54) is 0 Å². The molecule has 2 atom stereocenters. The third-order valence-corrected chi connectivity index (χ3v) is 4.31. The second-order valence-corrected chi connectivity index (χ2v) is 6.90. The minimum Gasteiger partial charge on any atom is -0.464 e. The molecule has 0 aliphatic heterocycles. The normalized spacial score (nSPS) is 25.4. The lowest BCUT2D eigenvalue weighted by molar-refractivity contribution is -0.196. The number of hydrogen-bond acceptors (Lipinski definition) is 4. The van der Waals surface area contributed by atoms with Gasteiger partial charge in [-0.3, -0.25) is 4.79 Å². The first-order valence-corrected chi connectivity index (χ1v) is 7.08. The van der Waals surface area contributed by atoms with Crippen LogP contribution in [0.2, 0.25) is 0 Å². The van der Waals surface area contributed by atoms with Crippen LogP contribution in [-0.2, 0) is 19.1 Å². The highest BCUT2D eigenvalue weighted by Crippen LogP contribution is 2.67. The molecule has 0 radical (unpaired) electrons. The fourth-order valence-electron chi connectivity index (χ4n) is 2.84. The van der Waals surface area contributed by atoms with E-state index in [0.29, 0.717) is 12.8 Å². The minimum atomic E-state index is -3.84. The molecule has 1 aliphatic carbocycles. The van der Waals surface area contributed by atoms with Crippen LogP contribution in [-0.4, -0.2) is 31.1 Å². The predicted octanol–water partition coefficient (Wildman–Crippen LogP) is 3.19. The number of carbonyl (C=O) groups is 2. The standard InChI is InChI=1S/C15H24F2O4/c1-9(2)7-14(8-13(14,4)5)11(18)21-10(3)15(16,17)12(19)20-6/h9-10H,7-8H2,1-6H3. The summed E-state index contributed by atoms with van der Waals surface area (Å²) in [7, 11) is 0.870. The monoisotopic (exact) mass is 306 g/mol. The fraction of sp³-hybridized carbons (Fsp3) is 0.867. The van der Waals surface area contributed by atoms with Crippen molar-refractivity contribution in [1.82, 2.24) is 0 Å². The van der Waals surface area contributed by atoms with Crippen molar-refractivity contribution in [3.63, 3.8) is 0 Å². The Labute approximate surface area is 124 Å². The Hall–Kier alpha value is -1.20. The molecule has 1 rings (SSSR count). The molecule has 0 bridgehead atoms. The van der Waals surface area contributed by atoms with E-state index >= 15 is 0 Å². The van der Waals surface area contributed by atoms with Gasteiger partial charge in [0.05, 0.1) is 12.5 Å². The topological polar surface area (TPSA) is 52.6 Å². The zero-order valence-corrected chi connectivity index (χ0v) is 13.5. The Morgan fingerprint density at radius 1 is 1.24 bits per heavy atom. The zero-order valence-electron chi connectivity index (χ0n) is 13.5. The predicted molar refractivity (Wildman–Crippen MR) is 72.8 cm³/mol. The number of rotatable bonds is 6. The van der Waals surface area contributed by atoms with Crippen LogP contribution >= 0.6 is 0 Å². The highest BCUT2D eigenvalue weighted by atomic mass is 19.3. The van der Waals surface area contributed by atoms with E-state index in [4.69, 9.17) is 4.74 Å². The average molecular weight is 306 g/mol. The zero-order chi connectivity index (χ0) is 16.6. The van der Waals surface area contributed by atoms with E-state index < -0.39 is 29.4 Å². The molecule has 0 N–H and O–H groups in total. The van der Waals surface area contributed by atoms with Gasteiger partial charge in [0.25, 0.3) is 0 Å². The summed E-state index contributed by atoms with van der Waals surface area (Å²) in [6.07, 6.45) is -0.666. The average Bonchev–Trinajstić information content (AvgIpc) is 2.89. The van der Waals surface area contributed by atoms with E-state index in [9.17, 15) is 18.4 Å². The van der Waals surface area contributed by atoms with E-state index in [1.807, 2.05) is 27.7 Å². The molecule has 4 nitrogen and oxygen atoms in total. The lowest BCUT2D eigenvalue weighted by atomic mass is 9.87. The summed E-state index contributed by atoms with van der Waals surface area (Å²) in [4.78, 5) is 23.4. The van der Waals surface area contributed by atoms with Crippen molar-refractivity contribution in [1.29, 1.82) is 0 Å². The smallest absolute Gasteiger partial charge is 0.380 e. The van der Waals surface area contributed by atoms with E-state index in [1.54, 1.807) is 0 Å². The highest BCUT2D eigenvalue weighted by Gasteiger charge is 2.67. The minimum absolute atomic E-state index is 0.246. The summed E-state index contributed by atoms with van der Waals surface area (Å²) >= 11 is 0. The third kappa shape index (κ3) is 3.19. The van der Waals surface area contributed by atoms with Crippen molar-refractivity contribution >= 4 is 11.9 Å². The molecule has 6 heteroatoms. The number of methoxy groups -OCH3 is 1. The SMILES string of the molecule is COC(=O)C(F)(F)C(C)OC(=O)C1(CC(C)C)CC1(C)C. The maximum atomic E-state index is 13.7. The molecule has 0 saturated heterocycles. The second kappa shape index (κ2) is 5.54. The molecule has 1 saturated carbocycles. The van der Waals surface area contributed by atoms with Crippen LogP contribution in [0, 0.1) is 16.7 Å². The maximum Gasteiger partial charge on any atom is 0.380 e. The van der Waals surface area contributed by atoms with E-state index in [-0.39, 0.29) is 11.3 Å². The summed E-state index contributed by atoms with van der Waals surface area (Å²) in [5.41, 5.74) is -1.00. The van der Waals surface area contributed by atoms with Gasteiger partial charge in [0.1, 0.15) is 0 Å². The van der Waals surface area contributed by atoms with Crippen LogP contribution in [0.1, 0.15) is 47.5 Å². The second-order valence-electron chi connectivity index (χ2n) is 6.90. The van der Waals surface area contributed by atoms with Crippen LogP contribution in [0.3, 0.4) is 0 Å². The molecule has 21 heavy (non-hydrogen) atoms. The molecule has 122 valence electrons. The van der Waals surface area contributed by atoms with Crippen molar-refractivity contribution < 1.29 is 27.8 Å². The molecule has 1 fully saturated rings. The number of carbonyl (C=O) groups excluding carboxylic acids is 2. The maximum absolute atomic E-state index is 13.7. The van der Waals surface area contributed by atoms with Gasteiger partial charge >= 0.3 is 17.9 Å². The van der Waals surface area contributed by atoms with Crippen molar-refractivity contribution in [2.45, 2.75) is 59.5 Å². The Morgan fingerprint density at radius 3 is 2.05 bits per heavy atom. The Bertz CT molecular complexity index is 431. The summed E-state index contributed by atoms with van der Waals surface area (Å²) in [6.45, 7) is 8.78. The van der Waals surface area contributed by atoms with E-state index in [2.05, 4.69) is 4.74 Å². The van der Waals surface area contributed by atoms with Crippen molar-refractivity contribution in [3.05, 3.63) is 0 Å². The first-order chi connectivity index (χ1) is 9.40. The lowest BCUT2D eigenvalue weighted by Gasteiger charge is -2.26. The largest absolute Gasteiger partial charge is 0.464 e. The van der Waals surface area contributed by atoms with Gasteiger partial charge in [-0.1, -0.05) is 27.7 Å². The first kappa shape index (κ1) is 17.9. The fourth-order valence-corrected chi connectivity index (χ4v) is 2.84. The van der Waals surface area contributed by atoms with Gasteiger partial charge in [-0.25, -0.2) is 4.79 Å². The summed E-state index contributed by atoms with van der Waals surface area (Å²) < 4.78 is 36.3. The van der Waals surface area contributed by atoms with Crippen LogP contribution in [0.25, 0.3) is 0 Å². The van der Waals surface area contributed by atoms with E-state index in [0.717, 1.165) is 14.0 Å². The summed E-state index contributed by atoms with van der Waals surface area (Å²) in [5.74, 6) is -5.95. The van der Waals surface area contributed by atoms with Gasteiger partial charge in [0.15, 0.2) is 6.10 Å². The van der Waals surface area contributed by atoms with Crippen LogP contribution in [0.15, 0.2) is 0 Å². The van der Waals surface area contributed by atoms with Gasteiger partial charge in [0, 0.05) is 0 Å². The first-order valence-electron chi connectivity index (χ1n) is 7.08. The van der Waals surface area contributed by atoms with Gasteiger partial charge in [-0.05, 0) is 31.1 Å². The molecule has 0 aromatic heterocycles. The van der Waals surface area contributed by atoms with Gasteiger partial charge < -0.3 is 9.47 Å². The Balaban J connectivity index is 2.83.